The van der Waals surface area contributed by atoms with Gasteiger partial charge >= 0.3 is 0 Å². The summed E-state index contributed by atoms with van der Waals surface area (Å²) in [5, 5.41) is 30.1. The minimum Gasteiger partial charge on any atom is -0.387 e. The van der Waals surface area contributed by atoms with Crippen molar-refractivity contribution in [3.63, 3.8) is 0 Å². The summed E-state index contributed by atoms with van der Waals surface area (Å²) in [5.74, 6) is 0.304. The van der Waals surface area contributed by atoms with Crippen LogP contribution in [0.1, 0.15) is 18.7 Å². The number of fused-ring (bicyclic) bond motifs is 1. The summed E-state index contributed by atoms with van der Waals surface area (Å²) in [7, 11) is 3.13. The summed E-state index contributed by atoms with van der Waals surface area (Å²) in [4.78, 5) is 25.5. The third-order valence-corrected chi connectivity index (χ3v) is 6.08. The van der Waals surface area contributed by atoms with Crippen LogP contribution in [0.4, 0.5) is 11.8 Å². The molecule has 0 bridgehead atoms. The van der Waals surface area contributed by atoms with Crippen molar-refractivity contribution >= 4 is 51.4 Å². The largest absolute Gasteiger partial charge is 0.387 e. The lowest BCUT2D eigenvalue weighted by molar-refractivity contribution is -0.137. The summed E-state index contributed by atoms with van der Waals surface area (Å²) in [6.45, 7) is 1.93. The lowest BCUT2D eigenvalue weighted by atomic mass is 9.96. The summed E-state index contributed by atoms with van der Waals surface area (Å²) < 4.78 is 8.38. The maximum Gasteiger partial charge on any atom is 0.251 e. The number of amides is 1. The number of halogens is 1. The fraction of sp³-hybridized carbons (Fsp3) is 0.400. The molecule has 32 heavy (non-hydrogen) atoms. The van der Waals surface area contributed by atoms with E-state index in [-0.39, 0.29) is 0 Å². The molecule has 0 aliphatic carbocycles. The Morgan fingerprint density at radius 2 is 2.12 bits per heavy atom. The number of hydrogen-bond donors (Lipinski definition) is 5. The van der Waals surface area contributed by atoms with Gasteiger partial charge in [0, 0.05) is 24.2 Å². The number of carbonyl (C=O) groups is 1. The molecule has 1 fully saturated rings. The standard InChI is InChI=1S/C20H24IN7O4/c1-20(31)14(29)13(17(30)22-2)32-18(20)28-9-25-12-15(26-19(23-3)27-16(12)28)24-8-10-5-4-6-11(21)7-10/h4-7,9,13-14,18,29,31H,8H2,1-3H3,(H,22,30)(H2,23,24,26,27)/t13-,14+,18?,20+/m0/s1. The van der Waals surface area contributed by atoms with Gasteiger partial charge in [0.1, 0.15) is 11.7 Å². The molecule has 3 aromatic rings. The molecular formula is C20H24IN7O4. The Balaban J connectivity index is 1.71. The molecule has 5 N–H and O–H groups in total. The van der Waals surface area contributed by atoms with Gasteiger partial charge in [0.25, 0.3) is 5.91 Å². The monoisotopic (exact) mass is 553 g/mol. The number of nitrogens with zero attached hydrogens (tertiary/aromatic N) is 4. The van der Waals surface area contributed by atoms with E-state index in [9.17, 15) is 15.0 Å². The number of imidazole rings is 1. The lowest BCUT2D eigenvalue weighted by Crippen LogP contribution is -2.47. The molecule has 1 aromatic carbocycles. The molecule has 1 saturated heterocycles. The third kappa shape index (κ3) is 3.98. The predicted molar refractivity (Wildman–Crippen MR) is 126 cm³/mol. The molecule has 1 unspecified atom stereocenters. The number of likely N-dealkylation sites (N-methyl/N-ethyl adjacent to an activating group) is 1. The zero-order valence-electron chi connectivity index (χ0n) is 17.7. The average molecular weight is 553 g/mol. The number of hydrogen-bond acceptors (Lipinski definition) is 9. The smallest absolute Gasteiger partial charge is 0.251 e. The van der Waals surface area contributed by atoms with Gasteiger partial charge in [0.15, 0.2) is 29.3 Å². The van der Waals surface area contributed by atoms with E-state index in [0.29, 0.717) is 29.5 Å². The van der Waals surface area contributed by atoms with Crippen molar-refractivity contribution in [3.05, 3.63) is 39.7 Å². The zero-order chi connectivity index (χ0) is 23.0. The van der Waals surface area contributed by atoms with Crippen LogP contribution >= 0.6 is 22.6 Å². The van der Waals surface area contributed by atoms with Gasteiger partial charge < -0.3 is 30.9 Å². The van der Waals surface area contributed by atoms with Crippen LogP contribution in [0.5, 0.6) is 0 Å². The average Bonchev–Trinajstić information content (AvgIpc) is 3.29. The van der Waals surface area contributed by atoms with Crippen LogP contribution in [0.25, 0.3) is 11.2 Å². The molecule has 11 nitrogen and oxygen atoms in total. The number of aromatic nitrogens is 4. The van der Waals surface area contributed by atoms with Crippen LogP contribution in [-0.4, -0.2) is 67.5 Å². The van der Waals surface area contributed by atoms with Crippen molar-refractivity contribution in [1.82, 2.24) is 24.8 Å². The molecule has 3 heterocycles. The highest BCUT2D eigenvalue weighted by molar-refractivity contribution is 14.1. The summed E-state index contributed by atoms with van der Waals surface area (Å²) in [6, 6.07) is 8.07. The highest BCUT2D eigenvalue weighted by Gasteiger charge is 2.55. The second-order valence-electron chi connectivity index (χ2n) is 7.65. The van der Waals surface area contributed by atoms with E-state index >= 15 is 0 Å². The van der Waals surface area contributed by atoms with Gasteiger partial charge in [-0.2, -0.15) is 9.97 Å². The van der Waals surface area contributed by atoms with Gasteiger partial charge in [-0.15, -0.1) is 0 Å². The van der Waals surface area contributed by atoms with E-state index in [4.69, 9.17) is 4.74 Å². The molecule has 0 spiro atoms. The number of carbonyl (C=O) groups excluding carboxylic acids is 1. The molecule has 1 aliphatic rings. The van der Waals surface area contributed by atoms with Crippen LogP contribution < -0.4 is 16.0 Å². The van der Waals surface area contributed by atoms with Crippen molar-refractivity contribution in [2.75, 3.05) is 24.7 Å². The van der Waals surface area contributed by atoms with Crippen molar-refractivity contribution in [2.45, 2.75) is 37.5 Å². The molecular weight excluding hydrogens is 529 g/mol. The molecule has 1 amide bonds. The SMILES string of the molecule is CNC(=O)[C@H]1OC(n2cnc3c(NCc4cccc(I)c4)nc(NC)nc32)[C@](C)(O)[C@@H]1O. The Kier molecular flexibility index (Phi) is 6.20. The van der Waals surface area contributed by atoms with Crippen LogP contribution in [0.15, 0.2) is 30.6 Å². The summed E-state index contributed by atoms with van der Waals surface area (Å²) in [6.07, 6.45) is -2.31. The summed E-state index contributed by atoms with van der Waals surface area (Å²) in [5.41, 5.74) is 0.160. The van der Waals surface area contributed by atoms with E-state index in [2.05, 4.69) is 59.6 Å². The molecule has 4 atom stereocenters. The van der Waals surface area contributed by atoms with E-state index in [1.54, 1.807) is 7.05 Å². The maximum absolute atomic E-state index is 12.1. The molecule has 12 heteroatoms. The molecule has 0 radical (unpaired) electrons. The number of anilines is 2. The van der Waals surface area contributed by atoms with Crippen LogP contribution in [0.3, 0.4) is 0 Å². The Morgan fingerprint density at radius 3 is 2.81 bits per heavy atom. The number of aliphatic hydroxyl groups is 2. The minimum absolute atomic E-state index is 0.338. The number of benzene rings is 1. The van der Waals surface area contributed by atoms with Crippen LogP contribution in [0, 0.1) is 3.57 Å². The van der Waals surface area contributed by atoms with Crippen molar-refractivity contribution < 1.29 is 19.7 Å². The number of aliphatic hydroxyl groups excluding tert-OH is 1. The van der Waals surface area contributed by atoms with E-state index < -0.39 is 29.9 Å². The van der Waals surface area contributed by atoms with Crippen LogP contribution in [-0.2, 0) is 16.1 Å². The first-order valence-corrected chi connectivity index (χ1v) is 11.0. The summed E-state index contributed by atoms with van der Waals surface area (Å²) >= 11 is 2.26. The minimum atomic E-state index is -1.76. The Bertz CT molecular complexity index is 1150. The molecule has 0 saturated carbocycles. The van der Waals surface area contributed by atoms with E-state index in [0.717, 1.165) is 9.13 Å². The number of rotatable bonds is 6. The van der Waals surface area contributed by atoms with E-state index in [1.165, 1.54) is 24.9 Å². The highest BCUT2D eigenvalue weighted by Crippen LogP contribution is 2.40. The van der Waals surface area contributed by atoms with Crippen LogP contribution in [0.2, 0.25) is 0 Å². The molecule has 1 aliphatic heterocycles. The highest BCUT2D eigenvalue weighted by atomic mass is 127. The zero-order valence-corrected chi connectivity index (χ0v) is 19.9. The second-order valence-corrected chi connectivity index (χ2v) is 8.89. The van der Waals surface area contributed by atoms with Gasteiger partial charge in [0.2, 0.25) is 5.95 Å². The first-order chi connectivity index (χ1) is 15.3. The van der Waals surface area contributed by atoms with Crippen molar-refractivity contribution in [3.8, 4) is 0 Å². The van der Waals surface area contributed by atoms with Gasteiger partial charge in [0.05, 0.1) is 6.33 Å². The maximum atomic E-state index is 12.1. The Morgan fingerprint density at radius 1 is 1.34 bits per heavy atom. The first kappa shape index (κ1) is 22.6. The number of ether oxygens (including phenoxy) is 1. The fourth-order valence-electron chi connectivity index (χ4n) is 3.65. The van der Waals surface area contributed by atoms with Gasteiger partial charge in [-0.3, -0.25) is 9.36 Å². The van der Waals surface area contributed by atoms with Gasteiger partial charge in [-0.25, -0.2) is 4.98 Å². The third-order valence-electron chi connectivity index (χ3n) is 5.41. The normalized spacial score (nSPS) is 25.1. The van der Waals surface area contributed by atoms with Crippen molar-refractivity contribution in [2.24, 2.45) is 0 Å². The van der Waals surface area contributed by atoms with Gasteiger partial charge in [-0.1, -0.05) is 12.1 Å². The lowest BCUT2D eigenvalue weighted by Gasteiger charge is -2.27. The molecule has 2 aromatic heterocycles. The predicted octanol–water partition coefficient (Wildman–Crippen LogP) is 0.840. The van der Waals surface area contributed by atoms with E-state index in [1.807, 2.05) is 18.2 Å². The Labute approximate surface area is 197 Å². The fourth-order valence-corrected chi connectivity index (χ4v) is 4.26. The Hall–Kier alpha value is -2.55. The molecule has 4 rings (SSSR count). The second kappa shape index (κ2) is 8.77. The van der Waals surface area contributed by atoms with Gasteiger partial charge in [-0.05, 0) is 47.2 Å². The van der Waals surface area contributed by atoms with Crippen molar-refractivity contribution in [1.29, 1.82) is 0 Å². The number of nitrogens with one attached hydrogen (secondary N) is 3. The molecule has 170 valence electrons. The first-order valence-electron chi connectivity index (χ1n) is 9.94. The quantitative estimate of drug-likeness (QED) is 0.280. The topological polar surface area (TPSA) is 146 Å².